The standard InChI is InChI=1S/C7H12BrF3S/c1-5(6(2)8)3-4-12-7(9,10)11/h5-6H,3-4H2,1-2H3. The lowest BCUT2D eigenvalue weighted by Crippen LogP contribution is -2.09. The van der Waals surface area contributed by atoms with Gasteiger partial charge in [0, 0.05) is 10.6 Å². The quantitative estimate of drug-likeness (QED) is 0.691. The number of rotatable bonds is 4. The summed E-state index contributed by atoms with van der Waals surface area (Å²) < 4.78 is 35.0. The maximum atomic E-state index is 11.7. The molecule has 0 N–H and O–H groups in total. The van der Waals surface area contributed by atoms with Gasteiger partial charge in [-0.25, -0.2) is 0 Å². The number of halogens is 4. The van der Waals surface area contributed by atoms with Crippen LogP contribution in [0.25, 0.3) is 0 Å². The Morgan fingerprint density at radius 1 is 1.33 bits per heavy atom. The second-order valence-corrected chi connectivity index (χ2v) is 5.34. The Labute approximate surface area is 83.4 Å². The summed E-state index contributed by atoms with van der Waals surface area (Å²) in [6, 6.07) is 0. The van der Waals surface area contributed by atoms with Crippen LogP contribution in [0.2, 0.25) is 0 Å². The Hall–Kier alpha value is 0.620. The molecule has 0 aliphatic carbocycles. The van der Waals surface area contributed by atoms with Crippen LogP contribution in [0.5, 0.6) is 0 Å². The highest BCUT2D eigenvalue weighted by Gasteiger charge is 2.27. The minimum absolute atomic E-state index is 0.0585. The van der Waals surface area contributed by atoms with Gasteiger partial charge in [0.05, 0.1) is 0 Å². The minimum atomic E-state index is -4.07. The van der Waals surface area contributed by atoms with Crippen molar-refractivity contribution in [3.63, 3.8) is 0 Å². The van der Waals surface area contributed by atoms with E-state index in [0.29, 0.717) is 12.3 Å². The molecule has 0 aromatic heterocycles. The molecule has 2 unspecified atom stereocenters. The molecule has 0 heterocycles. The molecule has 0 saturated carbocycles. The Bertz CT molecular complexity index is 124. The van der Waals surface area contributed by atoms with Gasteiger partial charge in [-0.1, -0.05) is 41.5 Å². The predicted octanol–water partition coefficient (Wildman–Crippen LogP) is 4.05. The molecule has 0 radical (unpaired) electrons. The Morgan fingerprint density at radius 2 is 1.83 bits per heavy atom. The minimum Gasteiger partial charge on any atom is -0.160 e. The van der Waals surface area contributed by atoms with E-state index < -0.39 is 5.51 Å². The van der Waals surface area contributed by atoms with Crippen LogP contribution in [0.15, 0.2) is 0 Å². The maximum Gasteiger partial charge on any atom is 0.441 e. The van der Waals surface area contributed by atoms with Crippen molar-refractivity contribution < 1.29 is 13.2 Å². The molecule has 74 valence electrons. The fourth-order valence-electron chi connectivity index (χ4n) is 0.590. The first-order valence-electron chi connectivity index (χ1n) is 3.67. The summed E-state index contributed by atoms with van der Waals surface area (Å²) >= 11 is 3.39. The summed E-state index contributed by atoms with van der Waals surface area (Å²) in [5, 5.41) is 0. The molecule has 0 amide bonds. The Kier molecular flexibility index (Phi) is 5.65. The average molecular weight is 265 g/mol. The Balaban J connectivity index is 3.44. The van der Waals surface area contributed by atoms with Crippen LogP contribution in [-0.2, 0) is 0 Å². The highest BCUT2D eigenvalue weighted by molar-refractivity contribution is 9.09. The van der Waals surface area contributed by atoms with Crippen molar-refractivity contribution in [1.82, 2.24) is 0 Å². The highest BCUT2D eigenvalue weighted by Crippen LogP contribution is 2.31. The fourth-order valence-corrected chi connectivity index (χ4v) is 1.58. The second kappa shape index (κ2) is 5.37. The summed E-state index contributed by atoms with van der Waals surface area (Å²) in [6.45, 7) is 3.89. The van der Waals surface area contributed by atoms with E-state index in [1.807, 2.05) is 13.8 Å². The number of hydrogen-bond donors (Lipinski definition) is 0. The monoisotopic (exact) mass is 264 g/mol. The molecule has 0 bridgehead atoms. The average Bonchev–Trinajstić information content (AvgIpc) is 1.84. The topological polar surface area (TPSA) is 0 Å². The van der Waals surface area contributed by atoms with Crippen molar-refractivity contribution in [2.45, 2.75) is 30.6 Å². The second-order valence-electron chi connectivity index (χ2n) is 2.74. The lowest BCUT2D eigenvalue weighted by molar-refractivity contribution is -0.0328. The molecule has 0 aromatic carbocycles. The van der Waals surface area contributed by atoms with Gasteiger partial charge >= 0.3 is 5.51 Å². The summed E-state index contributed by atoms with van der Waals surface area (Å²) in [5.74, 6) is 0.445. The molecule has 0 nitrogen and oxygen atoms in total. The fraction of sp³-hybridized carbons (Fsp3) is 1.00. The zero-order valence-corrected chi connectivity index (χ0v) is 9.39. The van der Waals surface area contributed by atoms with Gasteiger partial charge in [0.15, 0.2) is 0 Å². The summed E-state index contributed by atoms with van der Waals surface area (Å²) in [4.78, 5) is 0.284. The first-order valence-corrected chi connectivity index (χ1v) is 5.58. The number of thioether (sulfide) groups is 1. The number of alkyl halides is 4. The van der Waals surface area contributed by atoms with Gasteiger partial charge in [0.1, 0.15) is 0 Å². The molecule has 0 rings (SSSR count). The molecule has 2 atom stereocenters. The van der Waals surface area contributed by atoms with Crippen LogP contribution in [0.4, 0.5) is 13.2 Å². The van der Waals surface area contributed by atoms with Crippen LogP contribution >= 0.6 is 27.7 Å². The highest BCUT2D eigenvalue weighted by atomic mass is 79.9. The van der Waals surface area contributed by atoms with Gasteiger partial charge in [-0.3, -0.25) is 0 Å². The third-order valence-corrected chi connectivity index (χ3v) is 3.29. The predicted molar refractivity (Wildman–Crippen MR) is 50.7 cm³/mol. The van der Waals surface area contributed by atoms with E-state index >= 15 is 0 Å². The lowest BCUT2D eigenvalue weighted by Gasteiger charge is -2.13. The molecule has 0 aliphatic rings. The third kappa shape index (κ3) is 7.28. The van der Waals surface area contributed by atoms with Crippen LogP contribution in [0.1, 0.15) is 20.3 Å². The van der Waals surface area contributed by atoms with E-state index in [0.717, 1.165) is 0 Å². The molecule has 0 fully saturated rings. The SMILES string of the molecule is CC(Br)C(C)CCSC(F)(F)F. The smallest absolute Gasteiger partial charge is 0.160 e. The normalized spacial score (nSPS) is 17.5. The molecule has 0 aliphatic heterocycles. The Morgan fingerprint density at radius 3 is 2.17 bits per heavy atom. The van der Waals surface area contributed by atoms with E-state index in [9.17, 15) is 13.2 Å². The van der Waals surface area contributed by atoms with Crippen LogP contribution in [-0.4, -0.2) is 16.1 Å². The van der Waals surface area contributed by atoms with Gasteiger partial charge in [-0.15, -0.1) is 0 Å². The van der Waals surface area contributed by atoms with Gasteiger partial charge in [-0.05, 0) is 12.3 Å². The van der Waals surface area contributed by atoms with Crippen LogP contribution < -0.4 is 0 Å². The van der Waals surface area contributed by atoms with E-state index in [4.69, 9.17) is 0 Å². The van der Waals surface area contributed by atoms with Crippen molar-refractivity contribution in [3.05, 3.63) is 0 Å². The van der Waals surface area contributed by atoms with Crippen molar-refractivity contribution in [2.24, 2.45) is 5.92 Å². The first kappa shape index (κ1) is 12.6. The van der Waals surface area contributed by atoms with Crippen molar-refractivity contribution in [3.8, 4) is 0 Å². The van der Waals surface area contributed by atoms with Gasteiger partial charge in [-0.2, -0.15) is 13.2 Å². The molecular weight excluding hydrogens is 253 g/mol. The summed E-state index contributed by atoms with van der Waals surface area (Å²) in [5.41, 5.74) is -4.07. The first-order chi connectivity index (χ1) is 5.33. The van der Waals surface area contributed by atoms with Gasteiger partial charge in [0.25, 0.3) is 0 Å². The third-order valence-electron chi connectivity index (χ3n) is 1.62. The summed E-state index contributed by atoms with van der Waals surface area (Å²) in [7, 11) is 0. The van der Waals surface area contributed by atoms with Crippen LogP contribution in [0.3, 0.4) is 0 Å². The zero-order chi connectivity index (χ0) is 9.78. The molecule has 5 heteroatoms. The van der Waals surface area contributed by atoms with Crippen molar-refractivity contribution >= 4 is 27.7 Å². The van der Waals surface area contributed by atoms with E-state index in [2.05, 4.69) is 15.9 Å². The zero-order valence-electron chi connectivity index (χ0n) is 6.99. The summed E-state index contributed by atoms with van der Waals surface area (Å²) in [6.07, 6.45) is 0.594. The number of hydrogen-bond acceptors (Lipinski definition) is 1. The molecule has 0 saturated heterocycles. The van der Waals surface area contributed by atoms with Crippen molar-refractivity contribution in [2.75, 3.05) is 5.75 Å². The molecule has 0 aromatic rings. The van der Waals surface area contributed by atoms with Crippen LogP contribution in [0, 0.1) is 5.92 Å². The molecular formula is C7H12BrF3S. The van der Waals surface area contributed by atoms with E-state index in [1.165, 1.54) is 0 Å². The van der Waals surface area contributed by atoms with Gasteiger partial charge in [0.2, 0.25) is 0 Å². The lowest BCUT2D eigenvalue weighted by atomic mass is 10.1. The van der Waals surface area contributed by atoms with E-state index in [-0.39, 0.29) is 22.3 Å². The molecule has 12 heavy (non-hydrogen) atoms. The molecule has 0 spiro atoms. The largest absolute Gasteiger partial charge is 0.441 e. The maximum absolute atomic E-state index is 11.7. The van der Waals surface area contributed by atoms with E-state index in [1.54, 1.807) is 0 Å². The van der Waals surface area contributed by atoms with Crippen molar-refractivity contribution in [1.29, 1.82) is 0 Å². The van der Waals surface area contributed by atoms with Gasteiger partial charge < -0.3 is 0 Å².